The summed E-state index contributed by atoms with van der Waals surface area (Å²) in [4.78, 5) is 19.3. The molecule has 6 heteroatoms. The summed E-state index contributed by atoms with van der Waals surface area (Å²) in [5.41, 5.74) is 5.62. The Morgan fingerprint density at radius 2 is 2.31 bits per heavy atom. The van der Waals surface area contributed by atoms with E-state index in [4.69, 9.17) is 5.73 Å². The van der Waals surface area contributed by atoms with Gasteiger partial charge in [-0.1, -0.05) is 0 Å². The Balaban J connectivity index is 2.12. The number of nitrogens with one attached hydrogen (secondary N) is 1. The summed E-state index contributed by atoms with van der Waals surface area (Å²) in [6.07, 6.45) is 3.34. The standard InChI is InChI=1S/C10H10N4OS/c11-9(15)7-2-1-3-13-10(7)14-6-8-12-4-5-16-8/h1-5H,6H2,(H2,11,15)(H,13,14). The van der Waals surface area contributed by atoms with E-state index in [2.05, 4.69) is 15.3 Å². The van der Waals surface area contributed by atoms with Gasteiger partial charge in [-0.2, -0.15) is 0 Å². The van der Waals surface area contributed by atoms with Gasteiger partial charge < -0.3 is 11.1 Å². The van der Waals surface area contributed by atoms with Crippen molar-refractivity contribution < 1.29 is 4.79 Å². The van der Waals surface area contributed by atoms with E-state index in [0.717, 1.165) is 5.01 Å². The minimum absolute atomic E-state index is 0.388. The fourth-order valence-electron chi connectivity index (χ4n) is 1.24. The average molecular weight is 234 g/mol. The van der Waals surface area contributed by atoms with Crippen molar-refractivity contribution in [2.75, 3.05) is 5.32 Å². The summed E-state index contributed by atoms with van der Waals surface area (Å²) in [6.45, 7) is 0.537. The minimum atomic E-state index is -0.491. The van der Waals surface area contributed by atoms with Crippen LogP contribution in [0.5, 0.6) is 0 Å². The molecule has 2 heterocycles. The lowest BCUT2D eigenvalue weighted by Crippen LogP contribution is -2.15. The van der Waals surface area contributed by atoms with Crippen LogP contribution in [0.25, 0.3) is 0 Å². The number of hydrogen-bond donors (Lipinski definition) is 2. The topological polar surface area (TPSA) is 80.9 Å². The predicted octanol–water partition coefficient (Wildman–Crippen LogP) is 1.25. The van der Waals surface area contributed by atoms with Crippen molar-refractivity contribution in [2.45, 2.75) is 6.54 Å². The van der Waals surface area contributed by atoms with Gasteiger partial charge in [0.1, 0.15) is 10.8 Å². The number of pyridine rings is 1. The molecule has 0 aliphatic heterocycles. The third kappa shape index (κ3) is 2.34. The van der Waals surface area contributed by atoms with Crippen LogP contribution in [0.15, 0.2) is 29.9 Å². The van der Waals surface area contributed by atoms with Crippen molar-refractivity contribution >= 4 is 23.1 Å². The maximum Gasteiger partial charge on any atom is 0.252 e. The third-order valence-electron chi connectivity index (χ3n) is 1.96. The number of rotatable bonds is 4. The van der Waals surface area contributed by atoms with Gasteiger partial charge in [0.2, 0.25) is 0 Å². The van der Waals surface area contributed by atoms with Gasteiger partial charge in [0.05, 0.1) is 12.1 Å². The Labute approximate surface area is 96.3 Å². The van der Waals surface area contributed by atoms with Crippen LogP contribution in [0.4, 0.5) is 5.82 Å². The average Bonchev–Trinajstić information content (AvgIpc) is 2.79. The second-order valence-corrected chi connectivity index (χ2v) is 4.02. The Morgan fingerprint density at radius 1 is 1.44 bits per heavy atom. The summed E-state index contributed by atoms with van der Waals surface area (Å²) in [7, 11) is 0. The van der Waals surface area contributed by atoms with E-state index in [-0.39, 0.29) is 0 Å². The van der Waals surface area contributed by atoms with Crippen LogP contribution in [0.1, 0.15) is 15.4 Å². The van der Waals surface area contributed by atoms with Gasteiger partial charge in [-0.3, -0.25) is 4.79 Å². The Kier molecular flexibility index (Phi) is 3.11. The SMILES string of the molecule is NC(=O)c1cccnc1NCc1nccs1. The third-order valence-corrected chi connectivity index (χ3v) is 2.74. The molecule has 0 atom stereocenters. The molecule has 2 aromatic rings. The van der Waals surface area contributed by atoms with Crippen LogP contribution < -0.4 is 11.1 Å². The van der Waals surface area contributed by atoms with Crippen LogP contribution in [-0.4, -0.2) is 15.9 Å². The molecule has 0 unspecified atom stereocenters. The molecule has 0 radical (unpaired) electrons. The predicted molar refractivity (Wildman–Crippen MR) is 62.2 cm³/mol. The summed E-state index contributed by atoms with van der Waals surface area (Å²) >= 11 is 1.54. The maximum atomic E-state index is 11.1. The number of aromatic nitrogens is 2. The number of amides is 1. The molecule has 0 bridgehead atoms. The van der Waals surface area contributed by atoms with Crippen LogP contribution in [0.3, 0.4) is 0 Å². The number of nitrogens with two attached hydrogens (primary N) is 1. The summed E-state index contributed by atoms with van der Waals surface area (Å²) in [5.74, 6) is -0.0000567. The van der Waals surface area contributed by atoms with Gasteiger partial charge in [0.25, 0.3) is 5.91 Å². The minimum Gasteiger partial charge on any atom is -0.365 e. The highest BCUT2D eigenvalue weighted by atomic mass is 32.1. The van der Waals surface area contributed by atoms with E-state index in [9.17, 15) is 4.79 Å². The van der Waals surface area contributed by atoms with Gasteiger partial charge >= 0.3 is 0 Å². The van der Waals surface area contributed by atoms with Crippen LogP contribution in [0, 0.1) is 0 Å². The van der Waals surface area contributed by atoms with Gasteiger partial charge in [-0.05, 0) is 12.1 Å². The monoisotopic (exact) mass is 234 g/mol. The van der Waals surface area contributed by atoms with Gasteiger partial charge in [0, 0.05) is 17.8 Å². The zero-order chi connectivity index (χ0) is 11.4. The lowest BCUT2D eigenvalue weighted by atomic mass is 10.2. The zero-order valence-electron chi connectivity index (χ0n) is 8.38. The smallest absolute Gasteiger partial charge is 0.252 e. The van der Waals surface area contributed by atoms with Gasteiger partial charge in [0.15, 0.2) is 0 Å². The first-order valence-corrected chi connectivity index (χ1v) is 5.52. The molecule has 1 amide bonds. The number of hydrogen-bond acceptors (Lipinski definition) is 5. The molecule has 3 N–H and O–H groups in total. The van der Waals surface area contributed by atoms with Crippen molar-refractivity contribution in [1.29, 1.82) is 0 Å². The fraction of sp³-hybridized carbons (Fsp3) is 0.100. The Bertz CT molecular complexity index is 483. The maximum absolute atomic E-state index is 11.1. The van der Waals surface area contributed by atoms with E-state index in [1.54, 1.807) is 24.5 Å². The van der Waals surface area contributed by atoms with Gasteiger partial charge in [-0.25, -0.2) is 9.97 Å². The molecule has 2 aromatic heterocycles. The van der Waals surface area contributed by atoms with Crippen LogP contribution in [0.2, 0.25) is 0 Å². The molecule has 0 fully saturated rings. The number of primary amides is 1. The van der Waals surface area contributed by atoms with Crippen molar-refractivity contribution in [3.8, 4) is 0 Å². The number of anilines is 1. The van der Waals surface area contributed by atoms with E-state index >= 15 is 0 Å². The Hall–Kier alpha value is -1.95. The first-order valence-electron chi connectivity index (χ1n) is 4.64. The molecular weight excluding hydrogens is 224 g/mol. The molecule has 0 aromatic carbocycles. The van der Waals surface area contributed by atoms with Crippen molar-refractivity contribution in [3.63, 3.8) is 0 Å². The second-order valence-electron chi connectivity index (χ2n) is 3.04. The van der Waals surface area contributed by atoms with Crippen molar-refractivity contribution in [1.82, 2.24) is 9.97 Å². The quantitative estimate of drug-likeness (QED) is 0.834. The summed E-state index contributed by atoms with van der Waals surface area (Å²) < 4.78 is 0. The van der Waals surface area contributed by atoms with E-state index < -0.39 is 5.91 Å². The molecule has 0 aliphatic rings. The normalized spacial score (nSPS) is 10.0. The number of nitrogens with zero attached hydrogens (tertiary/aromatic N) is 2. The van der Waals surface area contributed by atoms with E-state index in [1.807, 2.05) is 5.38 Å². The largest absolute Gasteiger partial charge is 0.365 e. The molecule has 0 saturated carbocycles. The number of carbonyl (C=O) groups excluding carboxylic acids is 1. The molecular formula is C10H10N4OS. The zero-order valence-corrected chi connectivity index (χ0v) is 9.20. The molecule has 82 valence electrons. The molecule has 2 rings (SSSR count). The van der Waals surface area contributed by atoms with Crippen molar-refractivity contribution in [2.24, 2.45) is 5.73 Å². The molecule has 16 heavy (non-hydrogen) atoms. The highest BCUT2D eigenvalue weighted by Gasteiger charge is 2.08. The van der Waals surface area contributed by atoms with Crippen LogP contribution in [-0.2, 0) is 6.54 Å². The summed E-state index contributed by atoms with van der Waals surface area (Å²) in [5, 5.41) is 5.86. The lowest BCUT2D eigenvalue weighted by Gasteiger charge is -2.06. The molecule has 5 nitrogen and oxygen atoms in total. The van der Waals surface area contributed by atoms with E-state index in [1.165, 1.54) is 11.3 Å². The lowest BCUT2D eigenvalue weighted by molar-refractivity contribution is 0.100. The highest BCUT2D eigenvalue weighted by Crippen LogP contribution is 2.12. The fourth-order valence-corrected chi connectivity index (χ4v) is 1.80. The molecule has 0 aliphatic carbocycles. The Morgan fingerprint density at radius 3 is 3.00 bits per heavy atom. The van der Waals surface area contributed by atoms with Gasteiger partial charge in [-0.15, -0.1) is 11.3 Å². The van der Waals surface area contributed by atoms with Crippen molar-refractivity contribution in [3.05, 3.63) is 40.5 Å². The van der Waals surface area contributed by atoms with Crippen LogP contribution >= 0.6 is 11.3 Å². The first-order chi connectivity index (χ1) is 7.77. The number of carbonyl (C=O) groups is 1. The van der Waals surface area contributed by atoms with E-state index in [0.29, 0.717) is 17.9 Å². The highest BCUT2D eigenvalue weighted by molar-refractivity contribution is 7.09. The first kappa shape index (κ1) is 10.6. The molecule has 0 spiro atoms. The summed E-state index contributed by atoms with van der Waals surface area (Å²) in [6, 6.07) is 3.31. The molecule has 0 saturated heterocycles. The number of thiazole rings is 1. The second kappa shape index (κ2) is 4.71.